The predicted octanol–water partition coefficient (Wildman–Crippen LogP) is 3.17. The van der Waals surface area contributed by atoms with E-state index in [1.165, 1.54) is 31.6 Å². The Hall–Kier alpha value is -2.30. The smallest absolute Gasteiger partial charge is 0.138 e. The third-order valence-electron chi connectivity index (χ3n) is 3.92. The Bertz CT molecular complexity index is 603. The Kier molecular flexibility index (Phi) is 3.90. The Balaban J connectivity index is 1.76. The third kappa shape index (κ3) is 2.91. The Morgan fingerprint density at radius 1 is 1.00 bits per heavy atom. The molecule has 5 heteroatoms. The van der Waals surface area contributed by atoms with Crippen molar-refractivity contribution in [2.24, 2.45) is 0 Å². The van der Waals surface area contributed by atoms with E-state index in [2.05, 4.69) is 49.8 Å². The molecule has 1 aromatic heterocycles. The maximum absolute atomic E-state index is 4.31. The molecule has 3 rings (SSSR count). The van der Waals surface area contributed by atoms with Crippen LogP contribution in [0.2, 0.25) is 0 Å². The highest BCUT2D eigenvalue weighted by Crippen LogP contribution is 2.25. The fourth-order valence-corrected chi connectivity index (χ4v) is 2.70. The summed E-state index contributed by atoms with van der Waals surface area (Å²) >= 11 is 0. The Labute approximate surface area is 125 Å². The molecule has 1 aliphatic heterocycles. The van der Waals surface area contributed by atoms with Crippen molar-refractivity contribution in [2.75, 3.05) is 35.7 Å². The highest BCUT2D eigenvalue weighted by molar-refractivity contribution is 5.66. The van der Waals surface area contributed by atoms with Crippen molar-refractivity contribution >= 4 is 23.0 Å². The van der Waals surface area contributed by atoms with E-state index in [0.717, 1.165) is 22.9 Å². The van der Waals surface area contributed by atoms with E-state index in [1.54, 1.807) is 6.33 Å². The van der Waals surface area contributed by atoms with Gasteiger partial charge in [0.25, 0.3) is 0 Å². The SMILES string of the molecule is CNc1ncnc(Nc2ccc(N3CCCC3)cc2)c1C. The van der Waals surface area contributed by atoms with Gasteiger partial charge in [-0.1, -0.05) is 0 Å². The zero-order chi connectivity index (χ0) is 14.7. The van der Waals surface area contributed by atoms with Crippen LogP contribution < -0.4 is 15.5 Å². The van der Waals surface area contributed by atoms with Crippen molar-refractivity contribution in [1.82, 2.24) is 9.97 Å². The largest absolute Gasteiger partial charge is 0.373 e. The summed E-state index contributed by atoms with van der Waals surface area (Å²) < 4.78 is 0. The number of hydrogen-bond acceptors (Lipinski definition) is 5. The molecule has 0 bridgehead atoms. The average Bonchev–Trinajstić information content (AvgIpc) is 3.04. The molecule has 2 N–H and O–H groups in total. The van der Waals surface area contributed by atoms with Crippen molar-refractivity contribution in [3.63, 3.8) is 0 Å². The molecule has 2 heterocycles. The van der Waals surface area contributed by atoms with Crippen molar-refractivity contribution in [3.8, 4) is 0 Å². The molecule has 110 valence electrons. The maximum Gasteiger partial charge on any atom is 0.138 e. The zero-order valence-corrected chi connectivity index (χ0v) is 12.6. The number of aromatic nitrogens is 2. The molecule has 2 aromatic rings. The summed E-state index contributed by atoms with van der Waals surface area (Å²) in [5.41, 5.74) is 3.36. The first-order chi connectivity index (χ1) is 10.3. The normalized spacial score (nSPS) is 14.3. The lowest BCUT2D eigenvalue weighted by atomic mass is 10.2. The second kappa shape index (κ2) is 5.99. The van der Waals surface area contributed by atoms with E-state index in [1.807, 2.05) is 14.0 Å². The van der Waals surface area contributed by atoms with Gasteiger partial charge >= 0.3 is 0 Å². The summed E-state index contributed by atoms with van der Waals surface area (Å²) in [6.07, 6.45) is 4.17. The summed E-state index contributed by atoms with van der Waals surface area (Å²) in [5, 5.41) is 6.42. The number of anilines is 4. The first-order valence-corrected chi connectivity index (χ1v) is 7.39. The third-order valence-corrected chi connectivity index (χ3v) is 3.92. The van der Waals surface area contributed by atoms with Crippen LogP contribution in [0.4, 0.5) is 23.0 Å². The number of benzene rings is 1. The number of rotatable bonds is 4. The van der Waals surface area contributed by atoms with Crippen LogP contribution in [0.25, 0.3) is 0 Å². The van der Waals surface area contributed by atoms with Gasteiger partial charge in [0.15, 0.2) is 0 Å². The number of nitrogens with zero attached hydrogens (tertiary/aromatic N) is 3. The van der Waals surface area contributed by atoms with Crippen LogP contribution in [-0.2, 0) is 0 Å². The van der Waals surface area contributed by atoms with E-state index < -0.39 is 0 Å². The van der Waals surface area contributed by atoms with Crippen LogP contribution >= 0.6 is 0 Å². The summed E-state index contributed by atoms with van der Waals surface area (Å²) in [5.74, 6) is 1.68. The van der Waals surface area contributed by atoms with Crippen LogP contribution in [0, 0.1) is 6.92 Å². The fourth-order valence-electron chi connectivity index (χ4n) is 2.70. The van der Waals surface area contributed by atoms with Gasteiger partial charge in [0.05, 0.1) is 0 Å². The molecule has 0 atom stereocenters. The summed E-state index contributed by atoms with van der Waals surface area (Å²) in [6.45, 7) is 4.35. The summed E-state index contributed by atoms with van der Waals surface area (Å²) in [6, 6.07) is 8.55. The summed E-state index contributed by atoms with van der Waals surface area (Å²) in [7, 11) is 1.87. The molecule has 0 aliphatic carbocycles. The van der Waals surface area contributed by atoms with Crippen LogP contribution in [0.1, 0.15) is 18.4 Å². The first-order valence-electron chi connectivity index (χ1n) is 7.39. The molecule has 1 aliphatic rings. The van der Waals surface area contributed by atoms with Gasteiger partial charge in [-0.05, 0) is 44.0 Å². The minimum Gasteiger partial charge on any atom is -0.373 e. The molecule has 0 amide bonds. The highest BCUT2D eigenvalue weighted by Gasteiger charge is 2.12. The van der Waals surface area contributed by atoms with Crippen molar-refractivity contribution in [2.45, 2.75) is 19.8 Å². The van der Waals surface area contributed by atoms with Crippen LogP contribution in [0.15, 0.2) is 30.6 Å². The maximum atomic E-state index is 4.31. The molecule has 0 unspecified atom stereocenters. The quantitative estimate of drug-likeness (QED) is 0.902. The number of hydrogen-bond donors (Lipinski definition) is 2. The fraction of sp³-hybridized carbons (Fsp3) is 0.375. The monoisotopic (exact) mass is 283 g/mol. The molecular formula is C16H21N5. The van der Waals surface area contributed by atoms with E-state index in [-0.39, 0.29) is 0 Å². The lowest BCUT2D eigenvalue weighted by Gasteiger charge is -2.18. The van der Waals surface area contributed by atoms with Gasteiger partial charge in [-0.3, -0.25) is 0 Å². The van der Waals surface area contributed by atoms with Crippen LogP contribution in [-0.4, -0.2) is 30.1 Å². The minimum atomic E-state index is 0.836. The molecule has 0 saturated carbocycles. The molecule has 0 spiro atoms. The van der Waals surface area contributed by atoms with E-state index in [9.17, 15) is 0 Å². The molecule has 1 saturated heterocycles. The second-order valence-corrected chi connectivity index (χ2v) is 5.31. The highest BCUT2D eigenvalue weighted by atomic mass is 15.1. The van der Waals surface area contributed by atoms with Crippen LogP contribution in [0.3, 0.4) is 0 Å². The van der Waals surface area contributed by atoms with E-state index in [4.69, 9.17) is 0 Å². The predicted molar refractivity (Wildman–Crippen MR) is 87.5 cm³/mol. The molecule has 0 radical (unpaired) electrons. The van der Waals surface area contributed by atoms with Gasteiger partial charge in [0.1, 0.15) is 18.0 Å². The number of nitrogens with one attached hydrogen (secondary N) is 2. The van der Waals surface area contributed by atoms with Crippen molar-refractivity contribution in [1.29, 1.82) is 0 Å². The zero-order valence-electron chi connectivity index (χ0n) is 12.6. The standard InChI is InChI=1S/C16H21N5/c1-12-15(17-2)18-11-19-16(12)20-13-5-7-14(8-6-13)21-9-3-4-10-21/h5-8,11H,3-4,9-10H2,1-2H3,(H2,17,18,19,20). The Morgan fingerprint density at radius 2 is 1.67 bits per heavy atom. The van der Waals surface area contributed by atoms with Crippen molar-refractivity contribution < 1.29 is 0 Å². The Morgan fingerprint density at radius 3 is 2.33 bits per heavy atom. The molecule has 1 aromatic carbocycles. The van der Waals surface area contributed by atoms with Gasteiger partial charge in [0.2, 0.25) is 0 Å². The second-order valence-electron chi connectivity index (χ2n) is 5.31. The minimum absolute atomic E-state index is 0.836. The van der Waals surface area contributed by atoms with E-state index >= 15 is 0 Å². The molecule has 5 nitrogen and oxygen atoms in total. The van der Waals surface area contributed by atoms with Gasteiger partial charge in [-0.2, -0.15) is 0 Å². The summed E-state index contributed by atoms with van der Waals surface area (Å²) in [4.78, 5) is 10.9. The average molecular weight is 283 g/mol. The van der Waals surface area contributed by atoms with E-state index in [0.29, 0.717) is 0 Å². The first kappa shape index (κ1) is 13.7. The lowest BCUT2D eigenvalue weighted by Crippen LogP contribution is -2.17. The van der Waals surface area contributed by atoms with Crippen molar-refractivity contribution in [3.05, 3.63) is 36.2 Å². The molecule has 1 fully saturated rings. The van der Waals surface area contributed by atoms with Gasteiger partial charge in [-0.15, -0.1) is 0 Å². The molecule has 21 heavy (non-hydrogen) atoms. The van der Waals surface area contributed by atoms with Gasteiger partial charge in [0, 0.05) is 37.1 Å². The van der Waals surface area contributed by atoms with Gasteiger partial charge < -0.3 is 15.5 Å². The van der Waals surface area contributed by atoms with Gasteiger partial charge in [-0.25, -0.2) is 9.97 Å². The van der Waals surface area contributed by atoms with Crippen LogP contribution in [0.5, 0.6) is 0 Å². The molecular weight excluding hydrogens is 262 g/mol. The topological polar surface area (TPSA) is 53.1 Å². The lowest BCUT2D eigenvalue weighted by molar-refractivity contribution is 0.949.